The zero-order chi connectivity index (χ0) is 6.85. The van der Waals surface area contributed by atoms with E-state index in [0.717, 1.165) is 0 Å². The number of nitrogens with two attached hydrogens (primary N) is 1. The summed E-state index contributed by atoms with van der Waals surface area (Å²) in [5.74, 6) is -0.266. The minimum Gasteiger partial charge on any atom is -0.480 e. The van der Waals surface area contributed by atoms with Gasteiger partial charge < -0.3 is 10.8 Å². The fourth-order valence-electron chi connectivity index (χ4n) is 0.813. The molecular formula is C6H12ClNO2. The highest BCUT2D eigenvalue weighted by atomic mass is 35.5. The molecule has 1 atom stereocenters. The van der Waals surface area contributed by atoms with Crippen LogP contribution >= 0.6 is 12.4 Å². The molecule has 0 bridgehead atoms. The average Bonchev–Trinajstić information content (AvgIpc) is 2.50. The molecule has 0 aromatic heterocycles. The van der Waals surface area contributed by atoms with Gasteiger partial charge in [0.25, 0.3) is 0 Å². The number of carboxylic acid groups (broad SMARTS) is 1. The van der Waals surface area contributed by atoms with E-state index < -0.39 is 12.0 Å². The molecule has 0 spiro atoms. The summed E-state index contributed by atoms with van der Waals surface area (Å²) in [5, 5.41) is 8.33. The van der Waals surface area contributed by atoms with Crippen LogP contribution in [0.4, 0.5) is 0 Å². The van der Waals surface area contributed by atoms with Gasteiger partial charge in [0.1, 0.15) is 6.04 Å². The van der Waals surface area contributed by atoms with Gasteiger partial charge in [-0.3, -0.25) is 4.79 Å². The zero-order valence-electron chi connectivity index (χ0n) is 5.62. The summed E-state index contributed by atoms with van der Waals surface area (Å²) in [4.78, 5) is 10.1. The van der Waals surface area contributed by atoms with Gasteiger partial charge in [-0.1, -0.05) is 12.8 Å². The summed E-state index contributed by atoms with van der Waals surface area (Å²) in [6, 6.07) is -0.627. The number of halogens is 1. The highest BCUT2D eigenvalue weighted by molar-refractivity contribution is 5.85. The second kappa shape index (κ2) is 3.78. The van der Waals surface area contributed by atoms with Gasteiger partial charge in [-0.2, -0.15) is 0 Å². The van der Waals surface area contributed by atoms with Crippen LogP contribution in [-0.2, 0) is 4.79 Å². The Balaban J connectivity index is 0.000000810. The molecule has 4 heteroatoms. The van der Waals surface area contributed by atoms with E-state index in [0.29, 0.717) is 12.3 Å². The summed E-state index contributed by atoms with van der Waals surface area (Å²) in [5.41, 5.74) is 5.26. The SMILES string of the molecule is Cl.N[C@@H](CC1CC1)C(=O)O. The molecule has 1 saturated carbocycles. The topological polar surface area (TPSA) is 63.3 Å². The van der Waals surface area contributed by atoms with Crippen LogP contribution in [0, 0.1) is 5.92 Å². The quantitative estimate of drug-likeness (QED) is 0.645. The first-order chi connectivity index (χ1) is 4.20. The second-order valence-electron chi connectivity index (χ2n) is 2.62. The Morgan fingerprint density at radius 3 is 2.50 bits per heavy atom. The molecule has 0 aromatic rings. The molecule has 0 heterocycles. The Morgan fingerprint density at radius 1 is 1.70 bits per heavy atom. The standard InChI is InChI=1S/C6H11NO2.ClH/c7-5(6(8)9)3-4-1-2-4;/h4-5H,1-3,7H2,(H,8,9);1H/t5-;/m0./s1. The fraction of sp³-hybridized carbons (Fsp3) is 0.833. The van der Waals surface area contributed by atoms with Gasteiger partial charge in [0, 0.05) is 0 Å². The summed E-state index contributed by atoms with van der Waals surface area (Å²) >= 11 is 0. The predicted molar refractivity (Wildman–Crippen MR) is 40.2 cm³/mol. The summed E-state index contributed by atoms with van der Waals surface area (Å²) in [6.45, 7) is 0. The maximum atomic E-state index is 10.1. The van der Waals surface area contributed by atoms with Crippen molar-refractivity contribution in [1.29, 1.82) is 0 Å². The van der Waals surface area contributed by atoms with Crippen molar-refractivity contribution >= 4 is 18.4 Å². The lowest BCUT2D eigenvalue weighted by atomic mass is 10.1. The monoisotopic (exact) mass is 165 g/mol. The molecule has 1 rings (SSSR count). The van der Waals surface area contributed by atoms with Crippen molar-refractivity contribution in [3.8, 4) is 0 Å². The van der Waals surface area contributed by atoms with Gasteiger partial charge in [-0.15, -0.1) is 12.4 Å². The second-order valence-corrected chi connectivity index (χ2v) is 2.62. The summed E-state index contributed by atoms with van der Waals surface area (Å²) < 4.78 is 0. The maximum absolute atomic E-state index is 10.1. The predicted octanol–water partition coefficient (Wildman–Crippen LogP) is 0.620. The van der Waals surface area contributed by atoms with Crippen molar-refractivity contribution in [1.82, 2.24) is 0 Å². The van der Waals surface area contributed by atoms with Crippen molar-refractivity contribution < 1.29 is 9.90 Å². The molecule has 1 fully saturated rings. The van der Waals surface area contributed by atoms with Gasteiger partial charge in [0.2, 0.25) is 0 Å². The largest absolute Gasteiger partial charge is 0.480 e. The van der Waals surface area contributed by atoms with Crippen molar-refractivity contribution in [2.45, 2.75) is 25.3 Å². The molecule has 10 heavy (non-hydrogen) atoms. The Hall–Kier alpha value is -0.280. The van der Waals surface area contributed by atoms with Crippen molar-refractivity contribution in [3.05, 3.63) is 0 Å². The Kier molecular flexibility index (Phi) is 3.68. The molecule has 0 saturated heterocycles. The third-order valence-electron chi connectivity index (χ3n) is 1.60. The van der Waals surface area contributed by atoms with Crippen LogP contribution in [0.15, 0.2) is 0 Å². The third kappa shape index (κ3) is 3.03. The number of carboxylic acids is 1. The first kappa shape index (κ1) is 9.72. The van der Waals surface area contributed by atoms with E-state index in [1.54, 1.807) is 0 Å². The smallest absolute Gasteiger partial charge is 0.320 e. The van der Waals surface area contributed by atoms with Crippen LogP contribution in [0.25, 0.3) is 0 Å². The first-order valence-corrected chi connectivity index (χ1v) is 3.18. The van der Waals surface area contributed by atoms with E-state index in [1.165, 1.54) is 12.8 Å². The van der Waals surface area contributed by atoms with E-state index >= 15 is 0 Å². The van der Waals surface area contributed by atoms with E-state index in [9.17, 15) is 4.79 Å². The molecule has 0 radical (unpaired) electrons. The molecule has 3 nitrogen and oxygen atoms in total. The van der Waals surface area contributed by atoms with E-state index in [2.05, 4.69) is 0 Å². The van der Waals surface area contributed by atoms with Gasteiger partial charge in [0.05, 0.1) is 0 Å². The van der Waals surface area contributed by atoms with Gasteiger partial charge in [-0.25, -0.2) is 0 Å². The lowest BCUT2D eigenvalue weighted by molar-refractivity contribution is -0.138. The lowest BCUT2D eigenvalue weighted by Gasteiger charge is -2.02. The molecular weight excluding hydrogens is 154 g/mol. The number of hydrogen-bond donors (Lipinski definition) is 2. The average molecular weight is 166 g/mol. The Bertz CT molecular complexity index is 125. The highest BCUT2D eigenvalue weighted by Gasteiger charge is 2.26. The molecule has 0 amide bonds. The Labute approximate surface area is 66.0 Å². The number of aliphatic carboxylic acids is 1. The van der Waals surface area contributed by atoms with Gasteiger partial charge >= 0.3 is 5.97 Å². The normalized spacial score (nSPS) is 19.3. The van der Waals surface area contributed by atoms with Crippen LogP contribution in [0.5, 0.6) is 0 Å². The van der Waals surface area contributed by atoms with Crippen molar-refractivity contribution in [3.63, 3.8) is 0 Å². The van der Waals surface area contributed by atoms with Crippen molar-refractivity contribution in [2.75, 3.05) is 0 Å². The van der Waals surface area contributed by atoms with Crippen LogP contribution in [-0.4, -0.2) is 17.1 Å². The van der Waals surface area contributed by atoms with E-state index in [-0.39, 0.29) is 12.4 Å². The van der Waals surface area contributed by atoms with Crippen LogP contribution in [0.2, 0.25) is 0 Å². The van der Waals surface area contributed by atoms with Crippen LogP contribution < -0.4 is 5.73 Å². The molecule has 60 valence electrons. The fourth-order valence-corrected chi connectivity index (χ4v) is 0.813. The third-order valence-corrected chi connectivity index (χ3v) is 1.60. The molecule has 1 aliphatic carbocycles. The number of hydrogen-bond acceptors (Lipinski definition) is 2. The minimum atomic E-state index is -0.873. The molecule has 0 aliphatic heterocycles. The van der Waals surface area contributed by atoms with Gasteiger partial charge in [0.15, 0.2) is 0 Å². The molecule has 3 N–H and O–H groups in total. The molecule has 1 aliphatic rings. The first-order valence-electron chi connectivity index (χ1n) is 3.18. The zero-order valence-corrected chi connectivity index (χ0v) is 6.43. The summed E-state index contributed by atoms with van der Waals surface area (Å²) in [7, 11) is 0. The highest BCUT2D eigenvalue weighted by Crippen LogP contribution is 2.32. The van der Waals surface area contributed by atoms with Crippen molar-refractivity contribution in [2.24, 2.45) is 11.7 Å². The lowest BCUT2D eigenvalue weighted by Crippen LogP contribution is -2.30. The van der Waals surface area contributed by atoms with E-state index in [1.807, 2.05) is 0 Å². The van der Waals surface area contributed by atoms with E-state index in [4.69, 9.17) is 10.8 Å². The molecule has 0 unspecified atom stereocenters. The van der Waals surface area contributed by atoms with Crippen LogP contribution in [0.1, 0.15) is 19.3 Å². The maximum Gasteiger partial charge on any atom is 0.320 e. The minimum absolute atomic E-state index is 0. The Morgan fingerprint density at radius 2 is 2.20 bits per heavy atom. The van der Waals surface area contributed by atoms with Crippen LogP contribution in [0.3, 0.4) is 0 Å². The summed E-state index contributed by atoms with van der Waals surface area (Å²) in [6.07, 6.45) is 3.00. The van der Waals surface area contributed by atoms with Gasteiger partial charge in [-0.05, 0) is 12.3 Å². The molecule has 0 aromatic carbocycles. The number of carbonyl (C=O) groups is 1. The number of rotatable bonds is 3.